The first-order chi connectivity index (χ1) is 7.06. The van der Waals surface area contributed by atoms with Crippen molar-refractivity contribution >= 4 is 16.7 Å². The van der Waals surface area contributed by atoms with Gasteiger partial charge in [0.15, 0.2) is 0 Å². The van der Waals surface area contributed by atoms with Crippen molar-refractivity contribution in [2.75, 3.05) is 18.1 Å². The maximum Gasteiger partial charge on any atom is 0.221 e. The minimum Gasteiger partial charge on any atom is -0.355 e. The van der Waals surface area contributed by atoms with E-state index in [1.54, 1.807) is 0 Å². The van der Waals surface area contributed by atoms with Crippen molar-refractivity contribution in [2.45, 2.75) is 38.1 Å². The first kappa shape index (κ1) is 12.6. The quantitative estimate of drug-likeness (QED) is 0.684. The first-order valence-corrected chi connectivity index (χ1v) is 6.95. The highest BCUT2D eigenvalue weighted by atomic mass is 32.2. The van der Waals surface area contributed by atoms with Gasteiger partial charge in [0.05, 0.1) is 0 Å². The lowest BCUT2D eigenvalue weighted by Crippen LogP contribution is -2.50. The van der Waals surface area contributed by atoms with Crippen LogP contribution in [0.3, 0.4) is 0 Å². The molecule has 0 aliphatic heterocycles. The SMILES string of the molecule is CCS(=O)CCNC(=O)CC1(N)CCC1. The van der Waals surface area contributed by atoms with Crippen molar-refractivity contribution < 1.29 is 9.00 Å². The molecule has 0 aromatic rings. The summed E-state index contributed by atoms with van der Waals surface area (Å²) in [4.78, 5) is 11.4. The van der Waals surface area contributed by atoms with Gasteiger partial charge in [-0.2, -0.15) is 0 Å². The summed E-state index contributed by atoms with van der Waals surface area (Å²) in [7, 11) is -0.800. The topological polar surface area (TPSA) is 72.2 Å². The molecule has 0 aromatic carbocycles. The van der Waals surface area contributed by atoms with Gasteiger partial charge in [0.1, 0.15) is 0 Å². The van der Waals surface area contributed by atoms with Crippen molar-refractivity contribution in [3.8, 4) is 0 Å². The van der Waals surface area contributed by atoms with Crippen LogP contribution in [0.1, 0.15) is 32.6 Å². The van der Waals surface area contributed by atoms with Crippen LogP contribution in [0.4, 0.5) is 0 Å². The number of rotatable bonds is 6. The van der Waals surface area contributed by atoms with E-state index in [9.17, 15) is 9.00 Å². The Morgan fingerprint density at radius 2 is 2.20 bits per heavy atom. The summed E-state index contributed by atoms with van der Waals surface area (Å²) < 4.78 is 11.1. The molecule has 1 atom stereocenters. The molecule has 0 radical (unpaired) electrons. The van der Waals surface area contributed by atoms with Crippen LogP contribution < -0.4 is 11.1 Å². The first-order valence-electron chi connectivity index (χ1n) is 5.46. The van der Waals surface area contributed by atoms with Gasteiger partial charge < -0.3 is 11.1 Å². The Kier molecular flexibility index (Phi) is 4.73. The third-order valence-electron chi connectivity index (χ3n) is 2.84. The Morgan fingerprint density at radius 3 is 2.67 bits per heavy atom. The Morgan fingerprint density at radius 1 is 1.53 bits per heavy atom. The molecule has 1 saturated carbocycles. The molecule has 15 heavy (non-hydrogen) atoms. The van der Waals surface area contributed by atoms with Crippen molar-refractivity contribution in [1.82, 2.24) is 5.32 Å². The molecule has 3 N–H and O–H groups in total. The van der Waals surface area contributed by atoms with Crippen LogP contribution in [0.25, 0.3) is 0 Å². The number of amides is 1. The van der Waals surface area contributed by atoms with E-state index in [-0.39, 0.29) is 11.4 Å². The van der Waals surface area contributed by atoms with Crippen LogP contribution in [0.2, 0.25) is 0 Å². The molecule has 88 valence electrons. The highest BCUT2D eigenvalue weighted by Crippen LogP contribution is 2.31. The molecule has 5 heteroatoms. The van der Waals surface area contributed by atoms with E-state index in [2.05, 4.69) is 5.32 Å². The van der Waals surface area contributed by atoms with E-state index >= 15 is 0 Å². The van der Waals surface area contributed by atoms with Crippen LogP contribution in [-0.2, 0) is 15.6 Å². The van der Waals surface area contributed by atoms with Gasteiger partial charge in [0.25, 0.3) is 0 Å². The van der Waals surface area contributed by atoms with Crippen LogP contribution in [0.5, 0.6) is 0 Å². The van der Waals surface area contributed by atoms with Gasteiger partial charge in [-0.05, 0) is 19.3 Å². The number of carbonyl (C=O) groups is 1. The molecule has 0 aromatic heterocycles. The normalized spacial score (nSPS) is 20.4. The summed E-state index contributed by atoms with van der Waals surface area (Å²) >= 11 is 0. The average molecular weight is 232 g/mol. The number of carbonyl (C=O) groups excluding carboxylic acids is 1. The zero-order valence-electron chi connectivity index (χ0n) is 9.25. The van der Waals surface area contributed by atoms with Crippen molar-refractivity contribution in [3.63, 3.8) is 0 Å². The summed E-state index contributed by atoms with van der Waals surface area (Å²) in [5, 5.41) is 2.76. The second kappa shape index (κ2) is 5.61. The second-order valence-electron chi connectivity index (χ2n) is 4.18. The summed E-state index contributed by atoms with van der Waals surface area (Å²) in [5.74, 6) is 1.18. The summed E-state index contributed by atoms with van der Waals surface area (Å²) in [5.41, 5.74) is 5.68. The largest absolute Gasteiger partial charge is 0.355 e. The number of nitrogens with two attached hydrogens (primary N) is 1. The molecule has 1 aliphatic carbocycles. The lowest BCUT2D eigenvalue weighted by atomic mass is 9.75. The van der Waals surface area contributed by atoms with Gasteiger partial charge >= 0.3 is 0 Å². The highest BCUT2D eigenvalue weighted by Gasteiger charge is 2.34. The molecule has 1 aliphatic rings. The van der Waals surface area contributed by atoms with Crippen molar-refractivity contribution in [1.29, 1.82) is 0 Å². The fraction of sp³-hybridized carbons (Fsp3) is 0.900. The minimum absolute atomic E-state index is 0.00898. The average Bonchev–Trinajstić information content (AvgIpc) is 2.15. The minimum atomic E-state index is -0.800. The molecule has 0 bridgehead atoms. The van der Waals surface area contributed by atoms with E-state index in [1.165, 1.54) is 0 Å². The van der Waals surface area contributed by atoms with Gasteiger partial charge in [-0.3, -0.25) is 9.00 Å². The van der Waals surface area contributed by atoms with E-state index < -0.39 is 10.8 Å². The lowest BCUT2D eigenvalue weighted by Gasteiger charge is -2.37. The number of hydrogen-bond donors (Lipinski definition) is 2. The van der Waals surface area contributed by atoms with E-state index in [0.29, 0.717) is 24.5 Å². The molecule has 0 saturated heterocycles. The van der Waals surface area contributed by atoms with E-state index in [0.717, 1.165) is 19.3 Å². The van der Waals surface area contributed by atoms with Gasteiger partial charge in [-0.1, -0.05) is 6.92 Å². The number of nitrogens with one attached hydrogen (secondary N) is 1. The molecule has 0 spiro atoms. The fourth-order valence-corrected chi connectivity index (χ4v) is 2.26. The fourth-order valence-electron chi connectivity index (χ4n) is 1.64. The summed E-state index contributed by atoms with van der Waals surface area (Å²) in [6, 6.07) is 0. The Labute approximate surface area is 93.4 Å². The lowest BCUT2D eigenvalue weighted by molar-refractivity contribution is -0.122. The van der Waals surface area contributed by atoms with Crippen LogP contribution >= 0.6 is 0 Å². The molecule has 0 heterocycles. The summed E-state index contributed by atoms with van der Waals surface area (Å²) in [6.07, 6.45) is 3.43. The van der Waals surface area contributed by atoms with Gasteiger partial charge in [-0.15, -0.1) is 0 Å². The van der Waals surface area contributed by atoms with E-state index in [4.69, 9.17) is 5.73 Å². The Balaban J connectivity index is 2.11. The van der Waals surface area contributed by atoms with Crippen molar-refractivity contribution in [3.05, 3.63) is 0 Å². The molecule has 1 rings (SSSR count). The van der Waals surface area contributed by atoms with Crippen molar-refractivity contribution in [2.24, 2.45) is 5.73 Å². The third-order valence-corrected chi connectivity index (χ3v) is 4.14. The van der Waals surface area contributed by atoms with Crippen LogP contribution in [-0.4, -0.2) is 33.7 Å². The Bertz CT molecular complexity index is 252. The monoisotopic (exact) mass is 232 g/mol. The predicted octanol–water partition coefficient (Wildman–Crippen LogP) is 0.143. The molecule has 1 unspecified atom stereocenters. The maximum atomic E-state index is 11.4. The molecule has 1 fully saturated rings. The zero-order chi connectivity index (χ0) is 11.3. The highest BCUT2D eigenvalue weighted by molar-refractivity contribution is 7.84. The van der Waals surface area contributed by atoms with E-state index in [1.807, 2.05) is 6.92 Å². The van der Waals surface area contributed by atoms with Gasteiger partial charge in [-0.25, -0.2) is 0 Å². The summed E-state index contributed by atoms with van der Waals surface area (Å²) in [6.45, 7) is 2.37. The predicted molar refractivity (Wildman–Crippen MR) is 61.9 cm³/mol. The molecule has 4 nitrogen and oxygen atoms in total. The number of hydrogen-bond acceptors (Lipinski definition) is 3. The molecular weight excluding hydrogens is 212 g/mol. The van der Waals surface area contributed by atoms with Gasteiger partial charge in [0.2, 0.25) is 5.91 Å². The second-order valence-corrected chi connectivity index (χ2v) is 6.04. The zero-order valence-corrected chi connectivity index (χ0v) is 10.1. The molecular formula is C10H20N2O2S. The van der Waals surface area contributed by atoms with Crippen LogP contribution in [0.15, 0.2) is 0 Å². The molecule has 1 amide bonds. The van der Waals surface area contributed by atoms with Gasteiger partial charge in [0, 0.05) is 40.8 Å². The standard InChI is InChI=1S/C10H20N2O2S/c1-2-15(14)7-6-12-9(13)8-10(11)4-3-5-10/h2-8,11H2,1H3,(H,12,13). The maximum absolute atomic E-state index is 11.4. The van der Waals surface area contributed by atoms with Crippen LogP contribution in [0, 0.1) is 0 Å². The third kappa shape index (κ3) is 4.30. The smallest absolute Gasteiger partial charge is 0.221 e. The Hall–Kier alpha value is -0.420.